The fourth-order valence-electron chi connectivity index (χ4n) is 0.939. The first-order chi connectivity index (χ1) is 6.15. The van der Waals surface area contributed by atoms with Crippen LogP contribution in [0.15, 0.2) is 36.4 Å². The number of rotatable bonds is 2. The Kier molecular flexibility index (Phi) is 3.07. The third kappa shape index (κ3) is 2.32. The third-order valence-corrected chi connectivity index (χ3v) is 1.87. The Morgan fingerprint density at radius 2 is 2.31 bits per heavy atom. The van der Waals surface area contributed by atoms with Gasteiger partial charge in [-0.15, -0.1) is 0 Å². The maximum Gasteiger partial charge on any atom is 0.113 e. The smallest absolute Gasteiger partial charge is 0.113 e. The fourth-order valence-corrected chi connectivity index (χ4v) is 1.14. The third-order valence-electron chi connectivity index (χ3n) is 1.64. The van der Waals surface area contributed by atoms with E-state index in [2.05, 4.69) is 6.58 Å². The molecule has 0 amide bonds. The van der Waals surface area contributed by atoms with Crippen LogP contribution in [-0.2, 0) is 0 Å². The van der Waals surface area contributed by atoms with E-state index in [0.717, 1.165) is 0 Å². The summed E-state index contributed by atoms with van der Waals surface area (Å²) in [5.74, 6) is 0. The molecule has 0 aromatic heterocycles. The van der Waals surface area contributed by atoms with Crippen LogP contribution >= 0.6 is 11.6 Å². The number of hydrogen-bond donors (Lipinski definition) is 1. The molecule has 2 nitrogen and oxygen atoms in total. The summed E-state index contributed by atoms with van der Waals surface area (Å²) in [6.45, 7) is 3.42. The lowest BCUT2D eigenvalue weighted by molar-refractivity contribution is 0.221. The van der Waals surface area contributed by atoms with E-state index in [0.29, 0.717) is 10.6 Å². The number of nitrogens with zero attached hydrogens (tertiary/aromatic N) is 1. The average Bonchev–Trinajstić information content (AvgIpc) is 2.15. The van der Waals surface area contributed by atoms with Crippen molar-refractivity contribution in [2.45, 2.75) is 6.10 Å². The van der Waals surface area contributed by atoms with Gasteiger partial charge in [0.05, 0.1) is 11.6 Å². The Balaban J connectivity index is 2.96. The van der Waals surface area contributed by atoms with Crippen molar-refractivity contribution in [3.8, 4) is 6.07 Å². The van der Waals surface area contributed by atoms with E-state index < -0.39 is 6.10 Å². The molecule has 0 radical (unpaired) electrons. The van der Waals surface area contributed by atoms with Gasteiger partial charge >= 0.3 is 0 Å². The minimum Gasteiger partial charge on any atom is -0.383 e. The Labute approximate surface area is 81.7 Å². The van der Waals surface area contributed by atoms with E-state index in [4.69, 9.17) is 16.9 Å². The van der Waals surface area contributed by atoms with Crippen molar-refractivity contribution in [1.82, 2.24) is 0 Å². The first-order valence-electron chi connectivity index (χ1n) is 3.67. The molecule has 0 aliphatic rings. The van der Waals surface area contributed by atoms with Crippen LogP contribution in [0.2, 0.25) is 5.02 Å². The zero-order chi connectivity index (χ0) is 9.84. The normalized spacial score (nSPS) is 11.8. The zero-order valence-electron chi connectivity index (χ0n) is 6.87. The zero-order valence-corrected chi connectivity index (χ0v) is 7.62. The summed E-state index contributed by atoms with van der Waals surface area (Å²) in [6, 6.07) is 8.51. The molecular formula is C10H8ClNO. The maximum atomic E-state index is 9.53. The van der Waals surface area contributed by atoms with Gasteiger partial charge in [-0.2, -0.15) is 5.26 Å². The van der Waals surface area contributed by atoms with Crippen LogP contribution in [0.25, 0.3) is 0 Å². The van der Waals surface area contributed by atoms with Gasteiger partial charge in [-0.05, 0) is 17.7 Å². The lowest BCUT2D eigenvalue weighted by Crippen LogP contribution is -1.98. The summed E-state index contributed by atoms with van der Waals surface area (Å²) in [4.78, 5) is 0. The first-order valence-corrected chi connectivity index (χ1v) is 4.05. The molecule has 0 saturated carbocycles. The van der Waals surface area contributed by atoms with Gasteiger partial charge in [0.1, 0.15) is 6.10 Å². The molecule has 0 aliphatic heterocycles. The molecule has 1 aromatic rings. The molecule has 0 saturated heterocycles. The van der Waals surface area contributed by atoms with Crippen molar-refractivity contribution in [1.29, 1.82) is 5.26 Å². The van der Waals surface area contributed by atoms with E-state index in [1.165, 1.54) is 0 Å². The number of nitriles is 1. The highest BCUT2D eigenvalue weighted by Crippen LogP contribution is 2.22. The predicted octanol–water partition coefficient (Wildman–Crippen LogP) is 2.45. The number of aliphatic hydroxyl groups excluding tert-OH is 1. The summed E-state index contributed by atoms with van der Waals surface area (Å²) in [7, 11) is 0. The molecule has 1 N–H and O–H groups in total. The lowest BCUT2D eigenvalue weighted by Gasteiger charge is -2.08. The van der Waals surface area contributed by atoms with Crippen LogP contribution in [0.3, 0.4) is 0 Å². The molecule has 1 unspecified atom stereocenters. The lowest BCUT2D eigenvalue weighted by atomic mass is 10.0. The molecule has 0 bridgehead atoms. The van der Waals surface area contributed by atoms with Crippen molar-refractivity contribution in [3.05, 3.63) is 47.0 Å². The standard InChI is InChI=1S/C10H8ClNO/c1-7(6-12)10(13)8-3-2-4-9(11)5-8/h2-5,10,13H,1H2. The van der Waals surface area contributed by atoms with Crippen molar-refractivity contribution < 1.29 is 5.11 Å². The van der Waals surface area contributed by atoms with E-state index in [1.54, 1.807) is 30.3 Å². The summed E-state index contributed by atoms with van der Waals surface area (Å²) in [5.41, 5.74) is 0.696. The highest BCUT2D eigenvalue weighted by Gasteiger charge is 2.10. The van der Waals surface area contributed by atoms with Crippen molar-refractivity contribution in [2.24, 2.45) is 0 Å². The minimum absolute atomic E-state index is 0.113. The van der Waals surface area contributed by atoms with Crippen LogP contribution in [0.5, 0.6) is 0 Å². The second-order valence-electron chi connectivity index (χ2n) is 2.59. The molecule has 13 heavy (non-hydrogen) atoms. The van der Waals surface area contributed by atoms with Crippen molar-refractivity contribution in [3.63, 3.8) is 0 Å². The fraction of sp³-hybridized carbons (Fsp3) is 0.100. The van der Waals surface area contributed by atoms with E-state index in [1.807, 2.05) is 0 Å². The highest BCUT2D eigenvalue weighted by atomic mass is 35.5. The highest BCUT2D eigenvalue weighted by molar-refractivity contribution is 6.30. The summed E-state index contributed by atoms with van der Waals surface area (Å²) >= 11 is 5.71. The quantitative estimate of drug-likeness (QED) is 0.734. The molecule has 0 fully saturated rings. The predicted molar refractivity (Wildman–Crippen MR) is 51.2 cm³/mol. The SMILES string of the molecule is C=C(C#N)C(O)c1cccc(Cl)c1. The topological polar surface area (TPSA) is 44.0 Å². The van der Waals surface area contributed by atoms with Crippen molar-refractivity contribution in [2.75, 3.05) is 0 Å². The maximum absolute atomic E-state index is 9.53. The van der Waals surface area contributed by atoms with E-state index >= 15 is 0 Å². The van der Waals surface area contributed by atoms with Crippen LogP contribution in [-0.4, -0.2) is 5.11 Å². The molecule has 1 rings (SSSR count). The van der Waals surface area contributed by atoms with E-state index in [9.17, 15) is 5.11 Å². The Morgan fingerprint density at radius 1 is 1.62 bits per heavy atom. The molecule has 0 aliphatic carbocycles. The first kappa shape index (κ1) is 9.79. The summed E-state index contributed by atoms with van der Waals surface area (Å²) in [5, 5.41) is 18.6. The van der Waals surface area contributed by atoms with Crippen LogP contribution in [0.4, 0.5) is 0 Å². The van der Waals surface area contributed by atoms with Crippen molar-refractivity contribution >= 4 is 11.6 Å². The molecule has 0 heterocycles. The van der Waals surface area contributed by atoms with Crippen LogP contribution < -0.4 is 0 Å². The average molecular weight is 194 g/mol. The summed E-state index contributed by atoms with van der Waals surface area (Å²) < 4.78 is 0. The van der Waals surface area contributed by atoms with Gasteiger partial charge in [-0.1, -0.05) is 30.3 Å². The van der Waals surface area contributed by atoms with E-state index in [-0.39, 0.29) is 5.57 Å². The molecular weight excluding hydrogens is 186 g/mol. The summed E-state index contributed by atoms with van der Waals surface area (Å²) in [6.07, 6.45) is -0.955. The van der Waals surface area contributed by atoms with Crippen LogP contribution in [0.1, 0.15) is 11.7 Å². The number of benzene rings is 1. The Hall–Kier alpha value is -1.30. The molecule has 1 atom stereocenters. The van der Waals surface area contributed by atoms with Gasteiger partial charge in [0.2, 0.25) is 0 Å². The van der Waals surface area contributed by atoms with Gasteiger partial charge in [0.15, 0.2) is 0 Å². The van der Waals surface area contributed by atoms with Gasteiger partial charge in [-0.25, -0.2) is 0 Å². The number of aliphatic hydroxyl groups is 1. The Morgan fingerprint density at radius 3 is 2.85 bits per heavy atom. The van der Waals surface area contributed by atoms with Gasteiger partial charge in [-0.3, -0.25) is 0 Å². The van der Waals surface area contributed by atoms with Gasteiger partial charge < -0.3 is 5.11 Å². The number of halogens is 1. The molecule has 1 aromatic carbocycles. The van der Waals surface area contributed by atoms with Gasteiger partial charge in [0, 0.05) is 5.02 Å². The largest absolute Gasteiger partial charge is 0.383 e. The van der Waals surface area contributed by atoms with Crippen LogP contribution in [0, 0.1) is 11.3 Å². The second kappa shape index (κ2) is 4.08. The Bertz CT molecular complexity index is 367. The molecule has 66 valence electrons. The minimum atomic E-state index is -0.955. The monoisotopic (exact) mass is 193 g/mol. The number of hydrogen-bond acceptors (Lipinski definition) is 2. The molecule has 0 spiro atoms. The van der Waals surface area contributed by atoms with Gasteiger partial charge in [0.25, 0.3) is 0 Å². The molecule has 3 heteroatoms. The second-order valence-corrected chi connectivity index (χ2v) is 3.03.